The Kier molecular flexibility index (Phi) is 3.00. The van der Waals surface area contributed by atoms with E-state index in [1.165, 1.54) is 0 Å². The Morgan fingerprint density at radius 1 is 1.32 bits per heavy atom. The van der Waals surface area contributed by atoms with Crippen LogP contribution in [0.1, 0.15) is 10.7 Å². The number of anilines is 2. The highest BCUT2D eigenvalue weighted by atomic mass is 32.1. The number of nitrogens with one attached hydrogen (secondary N) is 3. The number of nitrogens with zero attached hydrogens (tertiary/aromatic N) is 4. The summed E-state index contributed by atoms with van der Waals surface area (Å²) in [6.07, 6.45) is 1.71. The van der Waals surface area contributed by atoms with Gasteiger partial charge in [-0.1, -0.05) is 0 Å². The van der Waals surface area contributed by atoms with Gasteiger partial charge in [-0.2, -0.15) is 15.1 Å². The van der Waals surface area contributed by atoms with Crippen molar-refractivity contribution in [1.82, 2.24) is 25.1 Å². The number of aryl methyl sites for hydroxylation is 1. The summed E-state index contributed by atoms with van der Waals surface area (Å²) >= 11 is 1.63. The Morgan fingerprint density at radius 2 is 2.21 bits per heavy atom. The van der Waals surface area contributed by atoms with Crippen molar-refractivity contribution in [3.63, 3.8) is 0 Å². The minimum Gasteiger partial charge on any atom is -0.363 e. The van der Waals surface area contributed by atoms with Crippen LogP contribution >= 0.6 is 11.3 Å². The van der Waals surface area contributed by atoms with Crippen LogP contribution in [0.3, 0.4) is 0 Å². The molecule has 3 aromatic rings. The molecule has 3 heterocycles. The Bertz CT molecular complexity index is 702. The molecule has 8 heteroatoms. The highest BCUT2D eigenvalue weighted by Crippen LogP contribution is 2.20. The molecule has 98 valence electrons. The van der Waals surface area contributed by atoms with Gasteiger partial charge in [0.1, 0.15) is 10.8 Å². The van der Waals surface area contributed by atoms with Crippen molar-refractivity contribution in [2.45, 2.75) is 13.5 Å². The van der Waals surface area contributed by atoms with E-state index < -0.39 is 0 Å². The van der Waals surface area contributed by atoms with Crippen LogP contribution in [0.15, 0.2) is 11.6 Å². The van der Waals surface area contributed by atoms with Gasteiger partial charge in [0.2, 0.25) is 5.95 Å². The molecule has 0 fully saturated rings. The van der Waals surface area contributed by atoms with E-state index in [9.17, 15) is 0 Å². The molecule has 0 amide bonds. The molecule has 0 aliphatic heterocycles. The van der Waals surface area contributed by atoms with Gasteiger partial charge >= 0.3 is 0 Å². The summed E-state index contributed by atoms with van der Waals surface area (Å²) in [5, 5.41) is 17.0. The van der Waals surface area contributed by atoms with Crippen LogP contribution in [0.4, 0.5) is 11.8 Å². The monoisotopic (exact) mass is 275 g/mol. The van der Waals surface area contributed by atoms with Gasteiger partial charge in [-0.05, 0) is 6.92 Å². The third-order valence-electron chi connectivity index (χ3n) is 2.61. The Balaban J connectivity index is 1.88. The molecule has 0 aliphatic rings. The maximum atomic E-state index is 4.41. The van der Waals surface area contributed by atoms with Crippen LogP contribution in [0.25, 0.3) is 11.0 Å². The molecular weight excluding hydrogens is 262 g/mol. The van der Waals surface area contributed by atoms with Crippen molar-refractivity contribution in [3.05, 3.63) is 22.3 Å². The van der Waals surface area contributed by atoms with Gasteiger partial charge < -0.3 is 10.6 Å². The average Bonchev–Trinajstić information content (AvgIpc) is 3.04. The molecule has 0 radical (unpaired) electrons. The topological polar surface area (TPSA) is 91.4 Å². The van der Waals surface area contributed by atoms with Crippen LogP contribution in [0.2, 0.25) is 0 Å². The van der Waals surface area contributed by atoms with Gasteiger partial charge in [0.15, 0.2) is 5.65 Å². The number of rotatable bonds is 4. The second-order valence-electron chi connectivity index (χ2n) is 4.01. The Labute approximate surface area is 113 Å². The van der Waals surface area contributed by atoms with Gasteiger partial charge in [0.05, 0.1) is 18.1 Å². The minimum atomic E-state index is 0.551. The lowest BCUT2D eigenvalue weighted by Crippen LogP contribution is -2.05. The first-order valence-corrected chi connectivity index (χ1v) is 6.68. The summed E-state index contributed by atoms with van der Waals surface area (Å²) < 4.78 is 0. The second kappa shape index (κ2) is 4.81. The Hall–Kier alpha value is -2.22. The summed E-state index contributed by atoms with van der Waals surface area (Å²) in [4.78, 5) is 13.1. The van der Waals surface area contributed by atoms with Crippen molar-refractivity contribution in [2.24, 2.45) is 0 Å². The molecule has 0 bridgehead atoms. The van der Waals surface area contributed by atoms with Crippen molar-refractivity contribution < 1.29 is 0 Å². The first-order chi connectivity index (χ1) is 9.26. The predicted molar refractivity (Wildman–Crippen MR) is 75.4 cm³/mol. The fourth-order valence-corrected chi connectivity index (χ4v) is 2.44. The third-order valence-corrected chi connectivity index (χ3v) is 3.57. The van der Waals surface area contributed by atoms with E-state index in [1.54, 1.807) is 24.6 Å². The van der Waals surface area contributed by atoms with E-state index in [0.29, 0.717) is 18.1 Å². The zero-order valence-electron chi connectivity index (χ0n) is 10.6. The third kappa shape index (κ3) is 2.34. The first kappa shape index (κ1) is 11.8. The first-order valence-electron chi connectivity index (χ1n) is 5.80. The maximum absolute atomic E-state index is 4.41. The van der Waals surface area contributed by atoms with Gasteiger partial charge in [-0.15, -0.1) is 11.3 Å². The van der Waals surface area contributed by atoms with E-state index in [4.69, 9.17) is 0 Å². The number of thiazole rings is 1. The summed E-state index contributed by atoms with van der Waals surface area (Å²) in [7, 11) is 1.78. The zero-order valence-corrected chi connectivity index (χ0v) is 11.4. The lowest BCUT2D eigenvalue weighted by Gasteiger charge is -2.06. The van der Waals surface area contributed by atoms with Crippen molar-refractivity contribution >= 4 is 34.1 Å². The minimum absolute atomic E-state index is 0.551. The lowest BCUT2D eigenvalue weighted by atomic mass is 10.4. The second-order valence-corrected chi connectivity index (χ2v) is 4.96. The molecular formula is C11H13N7S. The summed E-state index contributed by atoms with van der Waals surface area (Å²) in [6.45, 7) is 2.62. The highest BCUT2D eigenvalue weighted by molar-refractivity contribution is 7.09. The highest BCUT2D eigenvalue weighted by Gasteiger charge is 2.09. The molecule has 0 aromatic carbocycles. The standard InChI is InChI=1S/C11H13N7S/c1-6-5-19-8(15-6)4-13-9-7-3-14-18-10(7)17-11(12-2)16-9/h3,5H,4H2,1-2H3,(H3,12,13,14,16,17,18). The van der Waals surface area contributed by atoms with E-state index in [2.05, 4.69) is 35.8 Å². The van der Waals surface area contributed by atoms with E-state index in [-0.39, 0.29) is 0 Å². The lowest BCUT2D eigenvalue weighted by molar-refractivity contribution is 1.05. The number of aromatic nitrogens is 5. The van der Waals surface area contributed by atoms with E-state index in [1.807, 2.05) is 12.3 Å². The molecule has 3 N–H and O–H groups in total. The van der Waals surface area contributed by atoms with Crippen LogP contribution < -0.4 is 10.6 Å². The largest absolute Gasteiger partial charge is 0.363 e. The van der Waals surface area contributed by atoms with E-state index >= 15 is 0 Å². The molecule has 0 atom stereocenters. The summed E-state index contributed by atoms with van der Waals surface area (Å²) in [6, 6.07) is 0. The molecule has 3 aromatic heterocycles. The van der Waals surface area contributed by atoms with Crippen LogP contribution in [0.5, 0.6) is 0 Å². The molecule has 7 nitrogen and oxygen atoms in total. The van der Waals surface area contributed by atoms with Gasteiger partial charge in [0, 0.05) is 18.1 Å². The zero-order chi connectivity index (χ0) is 13.2. The van der Waals surface area contributed by atoms with Crippen molar-refractivity contribution in [3.8, 4) is 0 Å². The van der Waals surface area contributed by atoms with Gasteiger partial charge in [-0.3, -0.25) is 5.10 Å². The smallest absolute Gasteiger partial charge is 0.226 e. The normalized spacial score (nSPS) is 10.8. The molecule has 3 rings (SSSR count). The predicted octanol–water partition coefficient (Wildman–Crippen LogP) is 1.77. The fraction of sp³-hybridized carbons (Fsp3) is 0.273. The van der Waals surface area contributed by atoms with Crippen molar-refractivity contribution in [2.75, 3.05) is 17.7 Å². The van der Waals surface area contributed by atoms with Crippen LogP contribution in [0, 0.1) is 6.92 Å². The van der Waals surface area contributed by atoms with Crippen molar-refractivity contribution in [1.29, 1.82) is 0 Å². The molecule has 0 saturated carbocycles. The number of hydrogen-bond acceptors (Lipinski definition) is 7. The SMILES string of the molecule is CNc1nc(NCc2nc(C)cs2)c2cn[nH]c2n1. The van der Waals surface area contributed by atoms with Crippen LogP contribution in [-0.2, 0) is 6.54 Å². The van der Waals surface area contributed by atoms with Gasteiger partial charge in [0.25, 0.3) is 0 Å². The molecule has 0 saturated heterocycles. The quantitative estimate of drug-likeness (QED) is 0.672. The van der Waals surface area contributed by atoms with Crippen LogP contribution in [-0.4, -0.2) is 32.2 Å². The molecule has 0 aliphatic carbocycles. The number of hydrogen-bond donors (Lipinski definition) is 3. The molecule has 0 spiro atoms. The molecule has 19 heavy (non-hydrogen) atoms. The summed E-state index contributed by atoms with van der Waals surface area (Å²) in [5.74, 6) is 1.30. The fourth-order valence-electron chi connectivity index (χ4n) is 1.72. The Morgan fingerprint density at radius 3 is 2.95 bits per heavy atom. The number of fused-ring (bicyclic) bond motifs is 1. The summed E-state index contributed by atoms with van der Waals surface area (Å²) in [5.41, 5.74) is 1.74. The van der Waals surface area contributed by atoms with E-state index in [0.717, 1.165) is 21.9 Å². The van der Waals surface area contributed by atoms with Gasteiger partial charge in [-0.25, -0.2) is 4.98 Å². The maximum Gasteiger partial charge on any atom is 0.226 e. The number of aromatic amines is 1. The average molecular weight is 275 g/mol. The molecule has 0 unspecified atom stereocenters. The number of H-pyrrole nitrogens is 1.